The summed E-state index contributed by atoms with van der Waals surface area (Å²) in [6.07, 6.45) is 3.34. The molecule has 2 aliphatic heterocycles. The van der Waals surface area contributed by atoms with E-state index in [1.807, 2.05) is 0 Å². The van der Waals surface area contributed by atoms with Crippen molar-refractivity contribution in [1.29, 1.82) is 5.26 Å². The van der Waals surface area contributed by atoms with E-state index >= 15 is 0 Å². The lowest BCUT2D eigenvalue weighted by Crippen LogP contribution is -2.46. The lowest BCUT2D eigenvalue weighted by molar-refractivity contribution is -0.0500. The van der Waals surface area contributed by atoms with Crippen molar-refractivity contribution in [1.82, 2.24) is 4.90 Å². The second kappa shape index (κ2) is 7.07. The van der Waals surface area contributed by atoms with Crippen LogP contribution in [0.15, 0.2) is 18.2 Å². The zero-order valence-corrected chi connectivity index (χ0v) is 15.0. The van der Waals surface area contributed by atoms with Gasteiger partial charge in [-0.1, -0.05) is 12.6 Å². The van der Waals surface area contributed by atoms with Crippen LogP contribution in [0.25, 0.3) is 0 Å². The molecule has 27 heavy (non-hydrogen) atoms. The van der Waals surface area contributed by atoms with E-state index in [1.54, 1.807) is 4.90 Å². The van der Waals surface area contributed by atoms with Crippen LogP contribution in [0.2, 0.25) is 12.6 Å². The fourth-order valence-corrected chi connectivity index (χ4v) is 4.02. The number of carbonyl (C=O) groups excluding carboxylic acids is 1. The number of nitrogens with zero attached hydrogens (tertiary/aromatic N) is 2. The highest BCUT2D eigenvalue weighted by Crippen LogP contribution is 2.32. The monoisotopic (exact) mass is 400 g/mol. The largest absolute Gasteiger partial charge is 0.534 e. The van der Waals surface area contributed by atoms with Crippen LogP contribution in [0.3, 0.4) is 0 Å². The molecule has 144 valence electrons. The van der Waals surface area contributed by atoms with Crippen LogP contribution >= 0.6 is 0 Å². The molecule has 0 spiro atoms. The summed E-state index contributed by atoms with van der Waals surface area (Å²) in [6, 6.07) is 3.56. The molecule has 0 aromatic heterocycles. The van der Waals surface area contributed by atoms with Gasteiger partial charge in [0, 0.05) is 24.1 Å². The van der Waals surface area contributed by atoms with Crippen molar-refractivity contribution in [2.24, 2.45) is 0 Å². The van der Waals surface area contributed by atoms with Gasteiger partial charge in [-0.15, -0.1) is 0 Å². The zero-order chi connectivity index (χ0) is 19.8. The lowest BCUT2D eigenvalue weighted by Gasteiger charge is -2.38. The summed E-state index contributed by atoms with van der Waals surface area (Å²) in [6.45, 7) is 0.409. The molecule has 1 saturated heterocycles. The van der Waals surface area contributed by atoms with Crippen molar-refractivity contribution in [3.63, 3.8) is 0 Å². The summed E-state index contributed by atoms with van der Waals surface area (Å²) < 4.78 is 63.7. The fourth-order valence-electron chi connectivity index (χ4n) is 3.57. The Bertz CT molecular complexity index is 890. The van der Waals surface area contributed by atoms with Gasteiger partial charge in [-0.25, -0.2) is 5.26 Å². The number of fused-ring (bicyclic) bond motifs is 1. The molecule has 0 saturated carbocycles. The van der Waals surface area contributed by atoms with Gasteiger partial charge >= 0.3 is 15.6 Å². The van der Waals surface area contributed by atoms with Crippen molar-refractivity contribution in [2.75, 3.05) is 6.54 Å². The first kappa shape index (κ1) is 19.5. The van der Waals surface area contributed by atoms with Gasteiger partial charge in [0.15, 0.2) is 0 Å². The highest BCUT2D eigenvalue weighted by molar-refractivity contribution is 7.88. The summed E-state index contributed by atoms with van der Waals surface area (Å²) in [7, 11) is -5.75. The predicted molar refractivity (Wildman–Crippen MR) is 90.8 cm³/mol. The molecule has 0 radical (unpaired) electrons. The highest BCUT2D eigenvalue weighted by Gasteiger charge is 2.48. The summed E-state index contributed by atoms with van der Waals surface area (Å²) in [4.78, 5) is 14.5. The van der Waals surface area contributed by atoms with Crippen molar-refractivity contribution >= 4 is 22.7 Å². The van der Waals surface area contributed by atoms with Gasteiger partial charge in [0.25, 0.3) is 12.6 Å². The fraction of sp³-hybridized carbons (Fsp3) is 0.500. The van der Waals surface area contributed by atoms with Crippen LogP contribution in [-0.2, 0) is 16.5 Å². The van der Waals surface area contributed by atoms with Gasteiger partial charge in [0.05, 0.1) is 0 Å². The number of nitriles is 1. The van der Waals surface area contributed by atoms with E-state index in [9.17, 15) is 26.4 Å². The van der Waals surface area contributed by atoms with Crippen molar-refractivity contribution in [2.45, 2.75) is 43.5 Å². The van der Waals surface area contributed by atoms with Crippen LogP contribution in [0, 0.1) is 11.2 Å². The van der Waals surface area contributed by atoms with E-state index in [0.717, 1.165) is 31.5 Å². The van der Waals surface area contributed by atoms with Gasteiger partial charge in [-0.05, 0) is 43.0 Å². The maximum Gasteiger partial charge on any atom is 0.534 e. The third kappa shape index (κ3) is 3.90. The Labute approximate surface area is 155 Å². The number of hydrogen-bond acceptors (Lipinski definition) is 5. The SMILES string of the molecule is N#CB1CCC(N2CCc3cc(OS(=O)(=O)C(F)(F)F)ccc3C2=O)CC1. The molecule has 11 heteroatoms. The topological polar surface area (TPSA) is 87.5 Å². The Morgan fingerprint density at radius 3 is 2.52 bits per heavy atom. The van der Waals surface area contributed by atoms with Crippen LogP contribution < -0.4 is 4.18 Å². The Balaban J connectivity index is 1.75. The number of hydrogen-bond donors (Lipinski definition) is 0. The summed E-state index contributed by atoms with van der Waals surface area (Å²) in [5, 5.41) is 8.97. The molecule has 2 heterocycles. The number of benzene rings is 1. The molecule has 0 atom stereocenters. The minimum atomic E-state index is -5.75. The molecule has 0 aliphatic carbocycles. The van der Waals surface area contributed by atoms with E-state index < -0.39 is 21.4 Å². The van der Waals surface area contributed by atoms with Crippen molar-refractivity contribution in [3.05, 3.63) is 29.3 Å². The Morgan fingerprint density at radius 1 is 1.26 bits per heavy atom. The number of halogens is 3. The maximum atomic E-state index is 12.7. The molecular formula is C16H16BF3N2O4S. The van der Waals surface area contributed by atoms with Crippen LogP contribution in [-0.4, -0.2) is 44.0 Å². The Morgan fingerprint density at radius 2 is 1.93 bits per heavy atom. The van der Waals surface area contributed by atoms with Crippen LogP contribution in [0.4, 0.5) is 13.2 Å². The van der Waals surface area contributed by atoms with Gasteiger partial charge in [-0.3, -0.25) is 4.79 Å². The predicted octanol–water partition coefficient (Wildman–Crippen LogP) is 2.63. The van der Waals surface area contributed by atoms with E-state index in [-0.39, 0.29) is 18.7 Å². The second-order valence-corrected chi connectivity index (χ2v) is 8.22. The van der Waals surface area contributed by atoms with E-state index in [1.165, 1.54) is 12.1 Å². The summed E-state index contributed by atoms with van der Waals surface area (Å²) in [5.41, 5.74) is -4.73. The number of carbonyl (C=O) groups is 1. The highest BCUT2D eigenvalue weighted by atomic mass is 32.2. The molecule has 3 rings (SSSR count). The molecule has 1 aromatic carbocycles. The van der Waals surface area contributed by atoms with Crippen LogP contribution in [0.5, 0.6) is 5.75 Å². The van der Waals surface area contributed by atoms with Gasteiger partial charge < -0.3 is 9.08 Å². The van der Waals surface area contributed by atoms with Gasteiger partial charge in [0.1, 0.15) is 5.75 Å². The Kier molecular flexibility index (Phi) is 5.12. The van der Waals surface area contributed by atoms with Gasteiger partial charge in [-0.2, -0.15) is 21.6 Å². The molecule has 1 aromatic rings. The minimum Gasteiger partial charge on any atom is -0.376 e. The molecule has 2 aliphatic rings. The molecule has 0 unspecified atom stereocenters. The standard InChI is InChI=1S/C16H16BF3N2O4S/c18-16(19,20)27(24,25)26-13-1-2-14-11(9-13)5-8-22(15(14)23)12-3-6-17(10-21)7-4-12/h1-2,9,12H,3-8H2. The first-order valence-corrected chi connectivity index (χ1v) is 9.87. The molecular weight excluding hydrogens is 384 g/mol. The third-order valence-electron chi connectivity index (χ3n) is 5.00. The maximum absolute atomic E-state index is 12.7. The second-order valence-electron chi connectivity index (χ2n) is 6.69. The normalized spacial score (nSPS) is 18.8. The van der Waals surface area contributed by atoms with Crippen LogP contribution in [0.1, 0.15) is 28.8 Å². The van der Waals surface area contributed by atoms with E-state index in [4.69, 9.17) is 5.26 Å². The first-order valence-electron chi connectivity index (χ1n) is 8.46. The minimum absolute atomic E-state index is 0.0173. The smallest absolute Gasteiger partial charge is 0.376 e. The summed E-state index contributed by atoms with van der Waals surface area (Å²) >= 11 is 0. The number of alkyl halides is 3. The lowest BCUT2D eigenvalue weighted by atomic mass is 9.42. The Hall–Kier alpha value is -2.22. The molecule has 6 nitrogen and oxygen atoms in total. The average Bonchev–Trinajstić information content (AvgIpc) is 2.61. The third-order valence-corrected chi connectivity index (χ3v) is 5.98. The van der Waals surface area contributed by atoms with E-state index in [0.29, 0.717) is 24.1 Å². The molecule has 1 amide bonds. The number of rotatable bonds is 3. The van der Waals surface area contributed by atoms with Crippen molar-refractivity contribution in [3.8, 4) is 11.7 Å². The number of amides is 1. The van der Waals surface area contributed by atoms with E-state index in [2.05, 4.69) is 10.2 Å². The quantitative estimate of drug-likeness (QED) is 0.442. The molecule has 0 bridgehead atoms. The molecule has 0 N–H and O–H groups in total. The first-order chi connectivity index (χ1) is 12.6. The average molecular weight is 400 g/mol. The molecule has 1 fully saturated rings. The van der Waals surface area contributed by atoms with Crippen molar-refractivity contribution < 1.29 is 30.6 Å². The van der Waals surface area contributed by atoms with Gasteiger partial charge in [0.2, 0.25) is 0 Å². The summed E-state index contributed by atoms with van der Waals surface area (Å²) in [5.74, 6) is 1.54. The zero-order valence-electron chi connectivity index (χ0n) is 14.2.